The number of rotatable bonds is 5. The van der Waals surface area contributed by atoms with Crippen molar-refractivity contribution < 1.29 is 9.59 Å². The van der Waals surface area contributed by atoms with E-state index in [1.165, 1.54) is 18.4 Å². The van der Waals surface area contributed by atoms with E-state index < -0.39 is 0 Å². The summed E-state index contributed by atoms with van der Waals surface area (Å²) < 4.78 is 0. The minimum Gasteiger partial charge on any atom is -0.353 e. The summed E-state index contributed by atoms with van der Waals surface area (Å²) in [6.45, 7) is 3.16. The number of piperazine rings is 1. The van der Waals surface area contributed by atoms with E-state index in [1.54, 1.807) is 4.90 Å². The van der Waals surface area contributed by atoms with Crippen molar-refractivity contribution in [3.8, 4) is 0 Å². The van der Waals surface area contributed by atoms with Crippen LogP contribution >= 0.6 is 0 Å². The topological polar surface area (TPSA) is 61.4 Å². The maximum absolute atomic E-state index is 12.4. The van der Waals surface area contributed by atoms with Crippen LogP contribution in [0.3, 0.4) is 0 Å². The highest BCUT2D eigenvalue weighted by atomic mass is 16.2. The van der Waals surface area contributed by atoms with Crippen molar-refractivity contribution in [1.82, 2.24) is 15.5 Å². The van der Waals surface area contributed by atoms with Gasteiger partial charge in [-0.2, -0.15) is 0 Å². The number of amides is 2. The molecular weight excluding hydrogens is 314 g/mol. The largest absolute Gasteiger partial charge is 0.353 e. The molecule has 1 aromatic carbocycles. The highest BCUT2D eigenvalue weighted by Crippen LogP contribution is 2.42. The van der Waals surface area contributed by atoms with Crippen molar-refractivity contribution in [3.63, 3.8) is 0 Å². The number of fused-ring (bicyclic) bond motifs is 2. The first-order valence-electron chi connectivity index (χ1n) is 9.23. The van der Waals surface area contributed by atoms with Crippen LogP contribution < -0.4 is 10.6 Å². The van der Waals surface area contributed by atoms with Gasteiger partial charge < -0.3 is 15.5 Å². The molecule has 1 heterocycles. The van der Waals surface area contributed by atoms with E-state index >= 15 is 0 Å². The van der Waals surface area contributed by atoms with Crippen LogP contribution in [0.5, 0.6) is 0 Å². The van der Waals surface area contributed by atoms with E-state index in [0.717, 1.165) is 30.8 Å². The average molecular weight is 339 g/mol. The zero-order chi connectivity index (χ0) is 17.2. The minimum absolute atomic E-state index is 0.0665. The van der Waals surface area contributed by atoms with Gasteiger partial charge in [0.2, 0.25) is 5.91 Å². The second-order valence-electron chi connectivity index (χ2n) is 7.44. The molecule has 132 valence electrons. The van der Waals surface area contributed by atoms with E-state index in [1.807, 2.05) is 24.3 Å². The van der Waals surface area contributed by atoms with Crippen LogP contribution in [0.2, 0.25) is 0 Å². The summed E-state index contributed by atoms with van der Waals surface area (Å²) in [5.74, 6) is 2.22. The predicted molar refractivity (Wildman–Crippen MR) is 95.9 cm³/mol. The fraction of sp³-hybridized carbons (Fsp3) is 0.500. The van der Waals surface area contributed by atoms with Gasteiger partial charge in [-0.1, -0.05) is 24.3 Å². The molecule has 5 heteroatoms. The predicted octanol–water partition coefficient (Wildman–Crippen LogP) is 1.56. The van der Waals surface area contributed by atoms with Gasteiger partial charge in [0, 0.05) is 25.2 Å². The molecular formula is C20H25N3O2. The fourth-order valence-electron chi connectivity index (χ4n) is 4.29. The molecule has 3 aliphatic rings. The Morgan fingerprint density at radius 1 is 1.20 bits per heavy atom. The molecule has 2 N–H and O–H groups in total. The Hall–Kier alpha value is -2.14. The first-order valence-corrected chi connectivity index (χ1v) is 9.23. The zero-order valence-corrected chi connectivity index (χ0v) is 14.4. The lowest BCUT2D eigenvalue weighted by Crippen LogP contribution is -2.49. The van der Waals surface area contributed by atoms with Crippen LogP contribution in [0.15, 0.2) is 36.4 Å². The van der Waals surface area contributed by atoms with Crippen molar-refractivity contribution in [2.75, 3.05) is 26.2 Å². The molecule has 5 nitrogen and oxygen atoms in total. The standard InChI is InChI=1S/C20H25N3O2/c24-19-13-23(8-7-22-19)20(25)16-4-1-14(2-5-16)11-21-12-18-10-15-3-6-17(18)9-15/h1-6,15,17-18,21H,7-13H2,(H,22,24). The van der Waals surface area contributed by atoms with Gasteiger partial charge in [0.15, 0.2) is 0 Å². The van der Waals surface area contributed by atoms with Gasteiger partial charge in [-0.25, -0.2) is 0 Å². The molecule has 3 unspecified atom stereocenters. The smallest absolute Gasteiger partial charge is 0.254 e. The zero-order valence-electron chi connectivity index (χ0n) is 14.4. The summed E-state index contributed by atoms with van der Waals surface area (Å²) in [7, 11) is 0. The van der Waals surface area contributed by atoms with E-state index in [2.05, 4.69) is 22.8 Å². The number of nitrogens with zero attached hydrogens (tertiary/aromatic N) is 1. The maximum atomic E-state index is 12.4. The van der Waals surface area contributed by atoms with Gasteiger partial charge in [0.05, 0.1) is 6.54 Å². The van der Waals surface area contributed by atoms with E-state index in [-0.39, 0.29) is 18.4 Å². The van der Waals surface area contributed by atoms with E-state index in [9.17, 15) is 9.59 Å². The quantitative estimate of drug-likeness (QED) is 0.801. The summed E-state index contributed by atoms with van der Waals surface area (Å²) in [6, 6.07) is 7.74. The molecule has 3 atom stereocenters. The Balaban J connectivity index is 1.27. The molecule has 2 bridgehead atoms. The molecule has 0 aromatic heterocycles. The number of nitrogens with one attached hydrogen (secondary N) is 2. The van der Waals surface area contributed by atoms with Gasteiger partial charge in [-0.3, -0.25) is 9.59 Å². The maximum Gasteiger partial charge on any atom is 0.254 e. The van der Waals surface area contributed by atoms with Crippen LogP contribution in [0.25, 0.3) is 0 Å². The second kappa shape index (κ2) is 7.00. The third-order valence-corrected chi connectivity index (χ3v) is 5.68. The molecule has 2 amide bonds. The summed E-state index contributed by atoms with van der Waals surface area (Å²) in [4.78, 5) is 25.5. The Bertz CT molecular complexity index is 683. The molecule has 1 saturated carbocycles. The van der Waals surface area contributed by atoms with Crippen LogP contribution in [-0.2, 0) is 11.3 Å². The normalized spacial score (nSPS) is 27.6. The molecule has 25 heavy (non-hydrogen) atoms. The van der Waals surface area contributed by atoms with Gasteiger partial charge >= 0.3 is 0 Å². The molecule has 2 fully saturated rings. The minimum atomic E-state index is -0.0871. The lowest BCUT2D eigenvalue weighted by Gasteiger charge is -2.26. The molecule has 2 aliphatic carbocycles. The third-order valence-electron chi connectivity index (χ3n) is 5.68. The van der Waals surface area contributed by atoms with Gasteiger partial charge in [0.1, 0.15) is 0 Å². The fourth-order valence-corrected chi connectivity index (χ4v) is 4.29. The number of carbonyl (C=O) groups is 2. The van der Waals surface area contributed by atoms with Crippen molar-refractivity contribution >= 4 is 11.8 Å². The molecule has 1 aliphatic heterocycles. The van der Waals surface area contributed by atoms with Gasteiger partial charge in [-0.15, -0.1) is 0 Å². The number of hydrogen-bond donors (Lipinski definition) is 2. The van der Waals surface area contributed by atoms with E-state index in [0.29, 0.717) is 18.7 Å². The summed E-state index contributed by atoms with van der Waals surface area (Å²) >= 11 is 0. The average Bonchev–Trinajstić information content (AvgIpc) is 3.25. The number of carbonyl (C=O) groups excluding carboxylic acids is 2. The lowest BCUT2D eigenvalue weighted by molar-refractivity contribution is -0.123. The number of allylic oxidation sites excluding steroid dienone is 2. The summed E-state index contributed by atoms with van der Waals surface area (Å²) in [5, 5.41) is 6.30. The second-order valence-corrected chi connectivity index (χ2v) is 7.44. The molecule has 0 radical (unpaired) electrons. The first-order chi connectivity index (χ1) is 12.2. The Morgan fingerprint density at radius 3 is 2.72 bits per heavy atom. The lowest BCUT2D eigenvalue weighted by atomic mass is 9.93. The van der Waals surface area contributed by atoms with Crippen molar-refractivity contribution in [2.45, 2.75) is 19.4 Å². The molecule has 0 spiro atoms. The van der Waals surface area contributed by atoms with E-state index in [4.69, 9.17) is 0 Å². The number of benzene rings is 1. The monoisotopic (exact) mass is 339 g/mol. The van der Waals surface area contributed by atoms with Crippen molar-refractivity contribution in [1.29, 1.82) is 0 Å². The van der Waals surface area contributed by atoms with Crippen molar-refractivity contribution in [2.24, 2.45) is 17.8 Å². The SMILES string of the molecule is O=C1CN(C(=O)c2ccc(CNCC3CC4C=CC3C4)cc2)CCN1. The first kappa shape index (κ1) is 16.3. The molecule has 4 rings (SSSR count). The third kappa shape index (κ3) is 3.61. The number of hydrogen-bond acceptors (Lipinski definition) is 3. The van der Waals surface area contributed by atoms with Gasteiger partial charge in [-0.05, 0) is 54.8 Å². The highest BCUT2D eigenvalue weighted by Gasteiger charge is 2.34. The Morgan fingerprint density at radius 2 is 2.04 bits per heavy atom. The van der Waals surface area contributed by atoms with Crippen LogP contribution in [-0.4, -0.2) is 42.9 Å². The Labute approximate surface area is 148 Å². The van der Waals surface area contributed by atoms with Crippen molar-refractivity contribution in [3.05, 3.63) is 47.5 Å². The van der Waals surface area contributed by atoms with Crippen LogP contribution in [0.1, 0.15) is 28.8 Å². The summed E-state index contributed by atoms with van der Waals surface area (Å²) in [5.41, 5.74) is 1.84. The van der Waals surface area contributed by atoms with Gasteiger partial charge in [0.25, 0.3) is 5.91 Å². The molecule has 1 aromatic rings. The highest BCUT2D eigenvalue weighted by molar-refractivity contribution is 5.97. The summed E-state index contributed by atoms with van der Waals surface area (Å²) in [6.07, 6.45) is 7.44. The molecule has 1 saturated heterocycles. The van der Waals surface area contributed by atoms with Crippen LogP contribution in [0.4, 0.5) is 0 Å². The Kier molecular flexibility index (Phi) is 4.57. The van der Waals surface area contributed by atoms with Crippen LogP contribution in [0, 0.1) is 17.8 Å².